The van der Waals surface area contributed by atoms with Crippen molar-refractivity contribution in [3.05, 3.63) is 71.3 Å². The lowest BCUT2D eigenvalue weighted by Gasteiger charge is -2.13. The normalized spacial score (nSPS) is 17.8. The Morgan fingerprint density at radius 3 is 2.21 bits per heavy atom. The maximum absolute atomic E-state index is 14.5. The number of carbonyl (C=O) groups excluding carboxylic acids is 2. The topological polar surface area (TPSA) is 94.2 Å². The van der Waals surface area contributed by atoms with Gasteiger partial charge in [0.1, 0.15) is 35.4 Å². The van der Waals surface area contributed by atoms with Crippen LogP contribution in [0.15, 0.2) is 42.5 Å². The largest absolute Gasteiger partial charge is 0.389 e. The maximum Gasteiger partial charge on any atom is 0.245 e. The fourth-order valence-corrected chi connectivity index (χ4v) is 3.74. The highest BCUT2D eigenvalue weighted by atomic mass is 19.1. The fourth-order valence-electron chi connectivity index (χ4n) is 3.74. The minimum Gasteiger partial charge on any atom is -0.389 e. The van der Waals surface area contributed by atoms with Crippen LogP contribution in [0.3, 0.4) is 0 Å². The Labute approximate surface area is 185 Å². The quantitative estimate of drug-likeness (QED) is 0.426. The number of benzene rings is 2. The molecule has 2 heterocycles. The molecular weight excluding hydrogens is 442 g/mol. The number of β-amino-alcohol motifs (C(OH)–C–C–N with tert-alkyl or cyclic N) is 1. The number of amides is 2. The smallest absolute Gasteiger partial charge is 0.245 e. The molecule has 1 saturated heterocycles. The van der Waals surface area contributed by atoms with Gasteiger partial charge in [0.25, 0.3) is 0 Å². The number of aromatic nitrogens is 1. The second kappa shape index (κ2) is 9.07. The number of H-pyrrole nitrogens is 1. The number of aromatic amines is 1. The summed E-state index contributed by atoms with van der Waals surface area (Å²) in [7, 11) is 0. The van der Waals surface area contributed by atoms with Crippen molar-refractivity contribution in [2.45, 2.75) is 25.0 Å². The van der Waals surface area contributed by atoms with Crippen molar-refractivity contribution in [1.29, 1.82) is 0 Å². The summed E-state index contributed by atoms with van der Waals surface area (Å²) in [6, 6.07) is 6.41. The molecule has 1 aromatic heterocycles. The predicted octanol–water partition coefficient (Wildman–Crippen LogP) is 2.81. The number of aryl methyl sites for hydroxylation is 1. The molecule has 0 aliphatic carbocycles. The summed E-state index contributed by atoms with van der Waals surface area (Å²) in [6.45, 7) is 0.0299. The highest BCUT2D eigenvalue weighted by molar-refractivity contribution is 5.90. The third-order valence-electron chi connectivity index (χ3n) is 5.41. The number of rotatable bonds is 6. The third-order valence-corrected chi connectivity index (χ3v) is 5.41. The van der Waals surface area contributed by atoms with Crippen molar-refractivity contribution >= 4 is 11.8 Å². The van der Waals surface area contributed by atoms with Crippen LogP contribution in [0.4, 0.5) is 17.6 Å². The molecule has 3 aromatic rings. The first-order valence-electron chi connectivity index (χ1n) is 10.1. The van der Waals surface area contributed by atoms with Gasteiger partial charge in [-0.3, -0.25) is 9.59 Å². The highest BCUT2D eigenvalue weighted by Crippen LogP contribution is 2.33. The fraction of sp³-hybridized carbons (Fsp3) is 0.217. The van der Waals surface area contributed by atoms with Crippen LogP contribution in [0.25, 0.3) is 22.5 Å². The SMILES string of the molecule is O=C(CCc1cc(-c2ccc(F)cc2F)[nH]c1-c1ccc(F)cc1F)N[C@@H]1C(=O)NC[C@H]1O. The van der Waals surface area contributed by atoms with E-state index in [1.54, 1.807) is 0 Å². The summed E-state index contributed by atoms with van der Waals surface area (Å²) in [5.74, 6) is -4.27. The van der Waals surface area contributed by atoms with E-state index in [1.165, 1.54) is 18.2 Å². The van der Waals surface area contributed by atoms with Crippen LogP contribution in [0.5, 0.6) is 0 Å². The number of carbonyl (C=O) groups is 2. The number of hydrogen-bond acceptors (Lipinski definition) is 3. The lowest BCUT2D eigenvalue weighted by Crippen LogP contribution is -2.45. The molecule has 172 valence electrons. The lowest BCUT2D eigenvalue weighted by molar-refractivity contribution is -0.128. The standard InChI is InChI=1S/C23H19F4N3O3/c24-12-2-4-14(16(26)8-12)18-7-11(21(29-18)15-5-3-13(25)9-17(15)27)1-6-20(32)30-22-19(31)10-28-23(22)33/h2-5,7-9,19,22,29,31H,1,6,10H2,(H,28,33)(H,30,32)/t19-,22+/m1/s1. The monoisotopic (exact) mass is 461 g/mol. The third kappa shape index (κ3) is 4.75. The van der Waals surface area contributed by atoms with E-state index in [0.717, 1.165) is 12.1 Å². The summed E-state index contributed by atoms with van der Waals surface area (Å²) >= 11 is 0. The Hall–Kier alpha value is -3.66. The van der Waals surface area contributed by atoms with Gasteiger partial charge in [-0.05, 0) is 42.3 Å². The van der Waals surface area contributed by atoms with E-state index >= 15 is 0 Å². The van der Waals surface area contributed by atoms with Gasteiger partial charge in [0.2, 0.25) is 11.8 Å². The van der Waals surface area contributed by atoms with E-state index in [0.29, 0.717) is 17.7 Å². The zero-order valence-corrected chi connectivity index (χ0v) is 17.1. The number of halogens is 4. The zero-order valence-electron chi connectivity index (χ0n) is 17.1. The second-order valence-electron chi connectivity index (χ2n) is 7.69. The van der Waals surface area contributed by atoms with Crippen molar-refractivity contribution in [1.82, 2.24) is 15.6 Å². The van der Waals surface area contributed by atoms with E-state index in [2.05, 4.69) is 15.6 Å². The molecule has 33 heavy (non-hydrogen) atoms. The van der Waals surface area contributed by atoms with Crippen molar-refractivity contribution in [2.24, 2.45) is 0 Å². The molecular formula is C23H19F4N3O3. The average Bonchev–Trinajstić information content (AvgIpc) is 3.30. The van der Waals surface area contributed by atoms with E-state index < -0.39 is 47.2 Å². The molecule has 0 saturated carbocycles. The summed E-state index contributed by atoms with van der Waals surface area (Å²) in [5.41, 5.74) is 0.878. The van der Waals surface area contributed by atoms with Gasteiger partial charge >= 0.3 is 0 Å². The number of hydrogen-bond donors (Lipinski definition) is 4. The van der Waals surface area contributed by atoms with Gasteiger partial charge in [-0.15, -0.1) is 0 Å². The molecule has 1 fully saturated rings. The van der Waals surface area contributed by atoms with Crippen LogP contribution < -0.4 is 10.6 Å². The van der Waals surface area contributed by atoms with Gasteiger partial charge in [-0.2, -0.15) is 0 Å². The van der Waals surface area contributed by atoms with Crippen molar-refractivity contribution < 1.29 is 32.3 Å². The van der Waals surface area contributed by atoms with Crippen LogP contribution in [-0.4, -0.2) is 40.6 Å². The van der Waals surface area contributed by atoms with Gasteiger partial charge in [0.15, 0.2) is 0 Å². The number of aliphatic hydroxyl groups excluding tert-OH is 1. The van der Waals surface area contributed by atoms with E-state index in [4.69, 9.17) is 0 Å². The Kier molecular flexibility index (Phi) is 6.19. The lowest BCUT2D eigenvalue weighted by atomic mass is 10.0. The first kappa shape index (κ1) is 22.5. The maximum atomic E-state index is 14.5. The molecule has 2 atom stereocenters. The van der Waals surface area contributed by atoms with E-state index in [1.807, 2.05) is 0 Å². The number of nitrogens with one attached hydrogen (secondary N) is 3. The zero-order chi connectivity index (χ0) is 23.7. The van der Waals surface area contributed by atoms with Crippen molar-refractivity contribution in [3.8, 4) is 22.5 Å². The van der Waals surface area contributed by atoms with Crippen molar-refractivity contribution in [3.63, 3.8) is 0 Å². The van der Waals surface area contributed by atoms with Crippen LogP contribution in [0, 0.1) is 23.3 Å². The molecule has 1 aliphatic heterocycles. The van der Waals surface area contributed by atoms with E-state index in [-0.39, 0.29) is 41.9 Å². The van der Waals surface area contributed by atoms with Gasteiger partial charge < -0.3 is 20.7 Å². The van der Waals surface area contributed by atoms with Crippen LogP contribution in [0.2, 0.25) is 0 Å². The second-order valence-corrected chi connectivity index (χ2v) is 7.69. The van der Waals surface area contributed by atoms with Gasteiger partial charge in [0.05, 0.1) is 5.69 Å². The minimum atomic E-state index is -1.07. The molecule has 4 N–H and O–H groups in total. The highest BCUT2D eigenvalue weighted by Gasteiger charge is 2.34. The van der Waals surface area contributed by atoms with E-state index in [9.17, 15) is 32.3 Å². The minimum absolute atomic E-state index is 0.00571. The van der Waals surface area contributed by atoms with Crippen LogP contribution in [0.1, 0.15) is 12.0 Å². The van der Waals surface area contributed by atoms with Crippen LogP contribution in [-0.2, 0) is 16.0 Å². The predicted molar refractivity (Wildman–Crippen MR) is 111 cm³/mol. The molecule has 2 aromatic carbocycles. The first-order valence-corrected chi connectivity index (χ1v) is 10.1. The Morgan fingerprint density at radius 1 is 1.00 bits per heavy atom. The van der Waals surface area contributed by atoms with Crippen molar-refractivity contribution in [2.75, 3.05) is 6.54 Å². The summed E-state index contributed by atoms with van der Waals surface area (Å²) in [6.07, 6.45) is -1.12. The Balaban J connectivity index is 1.63. The van der Waals surface area contributed by atoms with Gasteiger partial charge in [-0.1, -0.05) is 0 Å². The van der Waals surface area contributed by atoms with Crippen LogP contribution >= 0.6 is 0 Å². The summed E-state index contributed by atoms with van der Waals surface area (Å²) in [4.78, 5) is 26.9. The molecule has 4 rings (SSSR count). The number of aliphatic hydroxyl groups is 1. The molecule has 0 spiro atoms. The average molecular weight is 461 g/mol. The molecule has 0 radical (unpaired) electrons. The Bertz CT molecular complexity index is 1230. The summed E-state index contributed by atoms with van der Waals surface area (Å²) in [5, 5.41) is 14.6. The van der Waals surface area contributed by atoms with Gasteiger partial charge in [0, 0.05) is 41.9 Å². The molecule has 6 nitrogen and oxygen atoms in total. The first-order chi connectivity index (χ1) is 15.7. The Morgan fingerprint density at radius 2 is 1.64 bits per heavy atom. The van der Waals surface area contributed by atoms with Gasteiger partial charge in [-0.25, -0.2) is 17.6 Å². The molecule has 0 unspecified atom stereocenters. The summed E-state index contributed by atoms with van der Waals surface area (Å²) < 4.78 is 55.5. The molecule has 2 amide bonds. The molecule has 10 heteroatoms. The molecule has 1 aliphatic rings. The molecule has 0 bridgehead atoms.